The molecule has 0 aliphatic rings. The molecule has 0 aromatic heterocycles. The van der Waals surface area contributed by atoms with E-state index in [1.165, 1.54) is 31.2 Å². The lowest BCUT2D eigenvalue weighted by atomic mass is 10.2. The zero-order chi connectivity index (χ0) is 20.9. The van der Waals surface area contributed by atoms with Crippen LogP contribution in [0.25, 0.3) is 0 Å². The van der Waals surface area contributed by atoms with Crippen molar-refractivity contribution in [2.75, 3.05) is 17.2 Å². The van der Waals surface area contributed by atoms with Gasteiger partial charge in [-0.05, 0) is 42.5 Å². The number of rotatable bonds is 5. The fourth-order valence-corrected chi connectivity index (χ4v) is 2.26. The molecule has 0 aliphatic carbocycles. The summed E-state index contributed by atoms with van der Waals surface area (Å²) in [5.41, 5.74) is -0.638. The van der Waals surface area contributed by atoms with Crippen molar-refractivity contribution >= 4 is 40.8 Å². The quantitative estimate of drug-likeness (QED) is 0.721. The number of carbonyl (C=O) groups is 3. The lowest BCUT2D eigenvalue weighted by Gasteiger charge is -2.12. The Hall–Kier alpha value is -3.07. The maximum absolute atomic E-state index is 12.7. The molecule has 28 heavy (non-hydrogen) atoms. The first-order chi connectivity index (χ1) is 13.1. The first-order valence-corrected chi connectivity index (χ1v) is 8.15. The Bertz CT molecular complexity index is 899. The van der Waals surface area contributed by atoms with Crippen molar-refractivity contribution in [2.45, 2.75) is 13.1 Å². The van der Waals surface area contributed by atoms with E-state index in [2.05, 4.69) is 10.6 Å². The van der Waals surface area contributed by atoms with Crippen molar-refractivity contribution in [1.29, 1.82) is 0 Å². The number of hydrogen-bond donors (Lipinski definition) is 2. The van der Waals surface area contributed by atoms with Crippen LogP contribution < -0.4 is 10.6 Å². The van der Waals surface area contributed by atoms with Gasteiger partial charge in [0.25, 0.3) is 5.91 Å². The Morgan fingerprint density at radius 3 is 2.25 bits per heavy atom. The maximum atomic E-state index is 12.7. The Kier molecular flexibility index (Phi) is 6.63. The summed E-state index contributed by atoms with van der Waals surface area (Å²) >= 11 is 5.78. The number of amides is 2. The smallest absolute Gasteiger partial charge is 0.416 e. The molecular weight excluding hydrogens is 401 g/mol. The van der Waals surface area contributed by atoms with Gasteiger partial charge in [0.05, 0.1) is 21.8 Å². The lowest BCUT2D eigenvalue weighted by molar-refractivity contribution is -0.137. The van der Waals surface area contributed by atoms with Crippen molar-refractivity contribution < 1.29 is 32.3 Å². The van der Waals surface area contributed by atoms with E-state index in [1.807, 2.05) is 0 Å². The molecule has 0 saturated heterocycles. The normalized spacial score (nSPS) is 10.9. The highest BCUT2D eigenvalue weighted by Crippen LogP contribution is 2.33. The maximum Gasteiger partial charge on any atom is 0.416 e. The average Bonchev–Trinajstić information content (AvgIpc) is 2.60. The monoisotopic (exact) mass is 414 g/mol. The molecule has 0 spiro atoms. The SMILES string of the molecule is CC(=O)Nc1ccc(C(=O)OCC(=O)Nc2cc(C(F)(F)F)ccc2Cl)cc1. The number of ether oxygens (including phenoxy) is 1. The standard InChI is InChI=1S/C18H14ClF3N2O4/c1-10(25)23-13-5-2-11(3-6-13)17(27)28-9-16(26)24-15-8-12(18(20,21)22)4-7-14(15)19/h2-8H,9H2,1H3,(H,23,25)(H,24,26). The number of alkyl halides is 3. The number of anilines is 2. The molecule has 0 saturated carbocycles. The summed E-state index contributed by atoms with van der Waals surface area (Å²) in [5, 5.41) is 4.59. The lowest BCUT2D eigenvalue weighted by Crippen LogP contribution is -2.21. The molecule has 148 valence electrons. The van der Waals surface area contributed by atoms with Crippen LogP contribution >= 0.6 is 11.6 Å². The largest absolute Gasteiger partial charge is 0.452 e. The molecule has 0 radical (unpaired) electrons. The van der Waals surface area contributed by atoms with Crippen LogP contribution in [0.1, 0.15) is 22.8 Å². The van der Waals surface area contributed by atoms with Crippen molar-refractivity contribution in [3.8, 4) is 0 Å². The minimum atomic E-state index is -4.60. The summed E-state index contributed by atoms with van der Waals surface area (Å²) in [7, 11) is 0. The first kappa shape index (κ1) is 21.2. The van der Waals surface area contributed by atoms with Gasteiger partial charge in [0.2, 0.25) is 5.91 Å². The summed E-state index contributed by atoms with van der Waals surface area (Å²) in [6.07, 6.45) is -4.60. The Morgan fingerprint density at radius 2 is 1.68 bits per heavy atom. The molecule has 0 unspecified atom stereocenters. The van der Waals surface area contributed by atoms with Crippen LogP contribution in [-0.2, 0) is 20.5 Å². The van der Waals surface area contributed by atoms with Gasteiger partial charge in [-0.2, -0.15) is 13.2 Å². The van der Waals surface area contributed by atoms with Crippen molar-refractivity contribution in [3.05, 3.63) is 58.6 Å². The molecule has 0 heterocycles. The third-order valence-corrected chi connectivity index (χ3v) is 3.67. The van der Waals surface area contributed by atoms with Crippen LogP contribution in [0, 0.1) is 0 Å². The van der Waals surface area contributed by atoms with E-state index in [-0.39, 0.29) is 22.2 Å². The molecule has 2 aromatic rings. The predicted octanol–water partition coefficient (Wildman–Crippen LogP) is 4.11. The van der Waals surface area contributed by atoms with Crippen molar-refractivity contribution in [3.63, 3.8) is 0 Å². The predicted molar refractivity (Wildman–Crippen MR) is 96.1 cm³/mol. The highest BCUT2D eigenvalue weighted by atomic mass is 35.5. The summed E-state index contributed by atoms with van der Waals surface area (Å²) in [4.78, 5) is 34.7. The van der Waals surface area contributed by atoms with E-state index >= 15 is 0 Å². The number of carbonyl (C=O) groups excluding carboxylic acids is 3. The summed E-state index contributed by atoms with van der Waals surface area (Å²) in [6, 6.07) is 8.18. The van der Waals surface area contributed by atoms with E-state index < -0.39 is 30.2 Å². The van der Waals surface area contributed by atoms with Gasteiger partial charge in [-0.25, -0.2) is 4.79 Å². The third-order valence-electron chi connectivity index (χ3n) is 3.34. The highest BCUT2D eigenvalue weighted by molar-refractivity contribution is 6.33. The molecule has 0 aliphatic heterocycles. The van der Waals surface area contributed by atoms with Gasteiger partial charge in [0.15, 0.2) is 6.61 Å². The minimum absolute atomic E-state index is 0.0961. The third kappa shape index (κ3) is 5.98. The first-order valence-electron chi connectivity index (χ1n) is 7.77. The topological polar surface area (TPSA) is 84.5 Å². The highest BCUT2D eigenvalue weighted by Gasteiger charge is 2.31. The van der Waals surface area contributed by atoms with E-state index in [4.69, 9.17) is 16.3 Å². The minimum Gasteiger partial charge on any atom is -0.452 e. The van der Waals surface area contributed by atoms with Crippen LogP contribution in [0.15, 0.2) is 42.5 Å². The van der Waals surface area contributed by atoms with Crippen molar-refractivity contribution in [1.82, 2.24) is 0 Å². The van der Waals surface area contributed by atoms with Gasteiger partial charge in [-0.15, -0.1) is 0 Å². The average molecular weight is 415 g/mol. The number of nitrogens with one attached hydrogen (secondary N) is 2. The number of esters is 1. The number of hydrogen-bond acceptors (Lipinski definition) is 4. The molecule has 6 nitrogen and oxygen atoms in total. The van der Waals surface area contributed by atoms with Gasteiger partial charge in [-0.1, -0.05) is 11.6 Å². The number of halogens is 4. The Labute approximate surface area is 162 Å². The molecular formula is C18H14ClF3N2O4. The summed E-state index contributed by atoms with van der Waals surface area (Å²) in [5.74, 6) is -1.95. The zero-order valence-electron chi connectivity index (χ0n) is 14.4. The molecule has 2 aromatic carbocycles. The second-order valence-corrected chi connectivity index (χ2v) is 5.98. The molecule has 2 amide bonds. The Morgan fingerprint density at radius 1 is 1.04 bits per heavy atom. The molecule has 10 heteroatoms. The van der Waals surface area contributed by atoms with Crippen LogP contribution in [0.5, 0.6) is 0 Å². The summed E-state index contributed by atoms with van der Waals surface area (Å²) in [6.45, 7) is 0.607. The fraction of sp³-hybridized carbons (Fsp3) is 0.167. The van der Waals surface area contributed by atoms with Crippen LogP contribution in [0.2, 0.25) is 5.02 Å². The van der Waals surface area contributed by atoms with Gasteiger partial charge in [0, 0.05) is 12.6 Å². The van der Waals surface area contributed by atoms with Crippen LogP contribution in [0.3, 0.4) is 0 Å². The molecule has 2 N–H and O–H groups in total. The van der Waals surface area contributed by atoms with Gasteiger partial charge < -0.3 is 15.4 Å². The van der Waals surface area contributed by atoms with Crippen LogP contribution in [0.4, 0.5) is 24.5 Å². The molecule has 0 atom stereocenters. The van der Waals surface area contributed by atoms with E-state index in [9.17, 15) is 27.6 Å². The van der Waals surface area contributed by atoms with Gasteiger partial charge in [0.1, 0.15) is 0 Å². The second kappa shape index (κ2) is 8.75. The summed E-state index contributed by atoms with van der Waals surface area (Å²) < 4.78 is 43.0. The van der Waals surface area contributed by atoms with E-state index in [1.54, 1.807) is 0 Å². The molecule has 0 fully saturated rings. The van der Waals surface area contributed by atoms with Gasteiger partial charge in [-0.3, -0.25) is 9.59 Å². The van der Waals surface area contributed by atoms with E-state index in [0.29, 0.717) is 11.8 Å². The van der Waals surface area contributed by atoms with Crippen molar-refractivity contribution in [2.24, 2.45) is 0 Å². The van der Waals surface area contributed by atoms with Crippen LogP contribution in [-0.4, -0.2) is 24.4 Å². The molecule has 0 bridgehead atoms. The van der Waals surface area contributed by atoms with E-state index in [0.717, 1.165) is 12.1 Å². The molecule has 2 rings (SSSR count). The Balaban J connectivity index is 1.95. The second-order valence-electron chi connectivity index (χ2n) is 5.58. The zero-order valence-corrected chi connectivity index (χ0v) is 15.1. The number of benzene rings is 2. The fourth-order valence-electron chi connectivity index (χ4n) is 2.09. The van der Waals surface area contributed by atoms with Gasteiger partial charge >= 0.3 is 12.1 Å².